The number of carbonyl (C=O) groups excluding carboxylic acids is 1. The fraction of sp³-hybridized carbons (Fsp3) is 0.357. The first-order chi connectivity index (χ1) is 9.47. The van der Waals surface area contributed by atoms with Crippen molar-refractivity contribution in [3.05, 3.63) is 46.5 Å². The Balaban J connectivity index is 2.73. The van der Waals surface area contributed by atoms with E-state index in [0.29, 0.717) is 18.6 Å². The molecule has 20 heavy (non-hydrogen) atoms. The second-order valence-electron chi connectivity index (χ2n) is 4.17. The summed E-state index contributed by atoms with van der Waals surface area (Å²) in [5.74, 6) is -0.416. The van der Waals surface area contributed by atoms with E-state index in [2.05, 4.69) is 6.58 Å². The molecule has 1 unspecified atom stereocenters. The number of nitrogens with zero attached hydrogens (tertiary/aromatic N) is 1. The van der Waals surface area contributed by atoms with Gasteiger partial charge in [-0.05, 0) is 26.3 Å². The standard InChI is InChI=1S/C14H17NO5/c1-4-5-9-19-11(3)14(16)20-13-8-6-7-12(10(13)2)15(17)18/h4,6-8,11H,1,5,9H2,2-3H3. The molecule has 0 spiro atoms. The topological polar surface area (TPSA) is 78.7 Å². The maximum atomic E-state index is 11.8. The molecule has 0 amide bonds. The largest absolute Gasteiger partial charge is 0.424 e. The molecule has 1 atom stereocenters. The molecule has 0 aliphatic heterocycles. The van der Waals surface area contributed by atoms with Gasteiger partial charge in [-0.15, -0.1) is 6.58 Å². The first kappa shape index (κ1) is 15.8. The van der Waals surface area contributed by atoms with E-state index in [0.717, 1.165) is 0 Å². The first-order valence-electron chi connectivity index (χ1n) is 6.15. The van der Waals surface area contributed by atoms with Crippen molar-refractivity contribution in [2.24, 2.45) is 0 Å². The average molecular weight is 279 g/mol. The van der Waals surface area contributed by atoms with Crippen molar-refractivity contribution in [1.82, 2.24) is 0 Å². The monoisotopic (exact) mass is 279 g/mol. The molecule has 6 nitrogen and oxygen atoms in total. The molecule has 0 heterocycles. The number of nitro groups is 1. The number of benzene rings is 1. The minimum atomic E-state index is -0.742. The number of hydrogen-bond acceptors (Lipinski definition) is 5. The molecule has 0 aromatic heterocycles. The summed E-state index contributed by atoms with van der Waals surface area (Å²) in [7, 11) is 0. The van der Waals surface area contributed by atoms with Gasteiger partial charge in [-0.2, -0.15) is 0 Å². The summed E-state index contributed by atoms with van der Waals surface area (Å²) >= 11 is 0. The van der Waals surface area contributed by atoms with Gasteiger partial charge >= 0.3 is 5.97 Å². The van der Waals surface area contributed by atoms with E-state index in [-0.39, 0.29) is 11.4 Å². The third-order valence-corrected chi connectivity index (χ3v) is 2.68. The summed E-state index contributed by atoms with van der Waals surface area (Å²) in [5.41, 5.74) is 0.222. The number of rotatable bonds is 7. The summed E-state index contributed by atoms with van der Waals surface area (Å²) < 4.78 is 10.4. The van der Waals surface area contributed by atoms with Gasteiger partial charge in [0.25, 0.3) is 5.69 Å². The normalized spacial score (nSPS) is 11.7. The second-order valence-corrected chi connectivity index (χ2v) is 4.17. The Morgan fingerprint density at radius 1 is 1.55 bits per heavy atom. The van der Waals surface area contributed by atoms with Crippen LogP contribution in [0.25, 0.3) is 0 Å². The van der Waals surface area contributed by atoms with Crippen molar-refractivity contribution in [3.63, 3.8) is 0 Å². The fourth-order valence-electron chi connectivity index (χ4n) is 1.50. The number of carbonyl (C=O) groups is 1. The molecule has 0 N–H and O–H groups in total. The van der Waals surface area contributed by atoms with Crippen LogP contribution in [-0.4, -0.2) is 23.6 Å². The zero-order valence-corrected chi connectivity index (χ0v) is 11.5. The highest BCUT2D eigenvalue weighted by Gasteiger charge is 2.20. The van der Waals surface area contributed by atoms with Gasteiger partial charge in [0.1, 0.15) is 5.75 Å². The van der Waals surface area contributed by atoms with Crippen LogP contribution in [0, 0.1) is 17.0 Å². The molecule has 1 aromatic rings. The fourth-order valence-corrected chi connectivity index (χ4v) is 1.50. The van der Waals surface area contributed by atoms with E-state index in [1.54, 1.807) is 13.0 Å². The van der Waals surface area contributed by atoms with Gasteiger partial charge < -0.3 is 9.47 Å². The highest BCUT2D eigenvalue weighted by molar-refractivity contribution is 5.77. The lowest BCUT2D eigenvalue weighted by atomic mass is 10.2. The molecule has 108 valence electrons. The SMILES string of the molecule is C=CCCOC(C)C(=O)Oc1cccc([N+](=O)[O-])c1C. The van der Waals surface area contributed by atoms with Crippen LogP contribution in [0.4, 0.5) is 5.69 Å². The van der Waals surface area contributed by atoms with E-state index in [4.69, 9.17) is 9.47 Å². The zero-order chi connectivity index (χ0) is 15.1. The number of ether oxygens (including phenoxy) is 2. The average Bonchev–Trinajstić information content (AvgIpc) is 2.40. The molecule has 0 bridgehead atoms. The quantitative estimate of drug-likeness (QED) is 0.191. The first-order valence-corrected chi connectivity index (χ1v) is 6.15. The number of esters is 1. The van der Waals surface area contributed by atoms with E-state index < -0.39 is 17.0 Å². The van der Waals surface area contributed by atoms with Gasteiger partial charge in [0, 0.05) is 6.07 Å². The summed E-state index contributed by atoms with van der Waals surface area (Å²) in [6.45, 7) is 7.02. The summed E-state index contributed by atoms with van der Waals surface area (Å²) in [5, 5.41) is 10.8. The third kappa shape index (κ3) is 4.17. The Morgan fingerprint density at radius 2 is 2.25 bits per heavy atom. The molecule has 0 aliphatic carbocycles. The maximum Gasteiger partial charge on any atom is 0.340 e. The highest BCUT2D eigenvalue weighted by Crippen LogP contribution is 2.27. The minimum absolute atomic E-state index is 0.0875. The lowest BCUT2D eigenvalue weighted by Crippen LogP contribution is -2.26. The lowest BCUT2D eigenvalue weighted by molar-refractivity contribution is -0.385. The molecule has 1 aromatic carbocycles. The van der Waals surface area contributed by atoms with Gasteiger partial charge in [0.2, 0.25) is 0 Å². The third-order valence-electron chi connectivity index (χ3n) is 2.68. The Morgan fingerprint density at radius 3 is 2.85 bits per heavy atom. The Hall–Kier alpha value is -2.21. The van der Waals surface area contributed by atoms with E-state index in [9.17, 15) is 14.9 Å². The van der Waals surface area contributed by atoms with E-state index in [1.807, 2.05) is 0 Å². The summed E-state index contributed by atoms with van der Waals surface area (Å²) in [6.07, 6.45) is 1.57. The van der Waals surface area contributed by atoms with Gasteiger partial charge in [0.05, 0.1) is 17.1 Å². The molecular formula is C14H17NO5. The maximum absolute atomic E-state index is 11.8. The van der Waals surface area contributed by atoms with Crippen molar-refractivity contribution < 1.29 is 19.2 Å². The van der Waals surface area contributed by atoms with Crippen molar-refractivity contribution in [3.8, 4) is 5.75 Å². The molecule has 6 heteroatoms. The number of hydrogen-bond donors (Lipinski definition) is 0. The van der Waals surface area contributed by atoms with Crippen LogP contribution in [0.2, 0.25) is 0 Å². The number of nitro benzene ring substituents is 1. The van der Waals surface area contributed by atoms with Crippen LogP contribution in [-0.2, 0) is 9.53 Å². The molecule has 0 radical (unpaired) electrons. The van der Waals surface area contributed by atoms with Crippen LogP contribution in [0.1, 0.15) is 18.9 Å². The van der Waals surface area contributed by atoms with Crippen molar-refractivity contribution in [2.75, 3.05) is 6.61 Å². The molecular weight excluding hydrogens is 262 g/mol. The molecule has 0 fully saturated rings. The van der Waals surface area contributed by atoms with Gasteiger partial charge in [-0.1, -0.05) is 12.1 Å². The minimum Gasteiger partial charge on any atom is -0.424 e. The Labute approximate surface area is 117 Å². The zero-order valence-electron chi connectivity index (χ0n) is 11.5. The lowest BCUT2D eigenvalue weighted by Gasteiger charge is -2.13. The Bertz CT molecular complexity index is 512. The van der Waals surface area contributed by atoms with Crippen molar-refractivity contribution >= 4 is 11.7 Å². The van der Waals surface area contributed by atoms with Gasteiger partial charge in [-0.3, -0.25) is 10.1 Å². The predicted octanol–water partition coefficient (Wildman–Crippen LogP) is 2.79. The predicted molar refractivity (Wildman–Crippen MR) is 73.7 cm³/mol. The van der Waals surface area contributed by atoms with E-state index >= 15 is 0 Å². The van der Waals surface area contributed by atoms with Gasteiger partial charge in [0.15, 0.2) is 6.10 Å². The summed E-state index contributed by atoms with van der Waals surface area (Å²) in [6, 6.07) is 4.34. The second kappa shape index (κ2) is 7.40. The molecule has 1 rings (SSSR count). The van der Waals surface area contributed by atoms with Crippen LogP contribution < -0.4 is 4.74 Å². The van der Waals surface area contributed by atoms with Crippen LogP contribution in [0.5, 0.6) is 5.75 Å². The van der Waals surface area contributed by atoms with Crippen LogP contribution in [0.3, 0.4) is 0 Å². The smallest absolute Gasteiger partial charge is 0.340 e. The van der Waals surface area contributed by atoms with Crippen LogP contribution >= 0.6 is 0 Å². The van der Waals surface area contributed by atoms with Crippen molar-refractivity contribution in [1.29, 1.82) is 0 Å². The van der Waals surface area contributed by atoms with Crippen LogP contribution in [0.15, 0.2) is 30.9 Å². The highest BCUT2D eigenvalue weighted by atomic mass is 16.6. The van der Waals surface area contributed by atoms with E-state index in [1.165, 1.54) is 25.1 Å². The Kier molecular flexibility index (Phi) is 5.86. The molecule has 0 saturated heterocycles. The van der Waals surface area contributed by atoms with Gasteiger partial charge in [-0.25, -0.2) is 4.79 Å². The van der Waals surface area contributed by atoms with Crippen molar-refractivity contribution in [2.45, 2.75) is 26.4 Å². The molecule has 0 saturated carbocycles. The summed E-state index contributed by atoms with van der Waals surface area (Å²) in [4.78, 5) is 22.1. The molecule has 0 aliphatic rings.